The van der Waals surface area contributed by atoms with E-state index in [1.165, 1.54) is 81.3 Å². The molecule has 0 radical (unpaired) electrons. The lowest BCUT2D eigenvalue weighted by atomic mass is 10.2. The van der Waals surface area contributed by atoms with Gasteiger partial charge in [0.2, 0.25) is 0 Å². The Morgan fingerprint density at radius 1 is 0.526 bits per heavy atom. The van der Waals surface area contributed by atoms with Crippen molar-refractivity contribution >= 4 is 15.8 Å². The Hall–Kier alpha value is -0.120. The molecule has 0 amide bonds. The minimum atomic E-state index is 0.0162. The number of rotatable bonds is 28. The molecule has 1 rings (SSSR count). The Morgan fingerprint density at radius 3 is 1.24 bits per heavy atom. The van der Waals surface area contributed by atoms with E-state index in [0.29, 0.717) is 0 Å². The van der Waals surface area contributed by atoms with Crippen LogP contribution < -0.4 is 0 Å². The number of ether oxygens (including phenoxy) is 4. The highest BCUT2D eigenvalue weighted by atomic mass is 31.1. The van der Waals surface area contributed by atoms with Crippen LogP contribution in [0, 0.1) is 0 Å². The van der Waals surface area contributed by atoms with E-state index in [-0.39, 0.29) is 15.8 Å². The van der Waals surface area contributed by atoms with Gasteiger partial charge in [0, 0.05) is 72.5 Å². The standard InChI is InChI=1S/C31H59NO4P2/c1-5-33-20-12-24-37(25-13-21-34-6-2)28-18-32(30-31-16-10-9-11-17-31)19-29-38(26-14-22-35-7-3)27-15-23-36-8-4/h9-11,16-17H,5-8,12-15,18-30H2,1-4H3. The van der Waals surface area contributed by atoms with Crippen LogP contribution in [0.5, 0.6) is 0 Å². The van der Waals surface area contributed by atoms with Gasteiger partial charge in [-0.15, -0.1) is 15.8 Å². The fourth-order valence-electron chi connectivity index (χ4n) is 4.49. The lowest BCUT2D eigenvalue weighted by Gasteiger charge is -2.28. The van der Waals surface area contributed by atoms with Crippen LogP contribution in [-0.2, 0) is 25.5 Å². The van der Waals surface area contributed by atoms with Gasteiger partial charge in [-0.3, -0.25) is 4.90 Å². The first-order valence-electron chi connectivity index (χ1n) is 15.2. The van der Waals surface area contributed by atoms with Crippen LogP contribution in [0.25, 0.3) is 0 Å². The van der Waals surface area contributed by atoms with Gasteiger partial charge in [0.1, 0.15) is 0 Å². The molecule has 0 saturated carbocycles. The van der Waals surface area contributed by atoms with Crippen LogP contribution in [0.3, 0.4) is 0 Å². The smallest absolute Gasteiger partial charge is 0.0469 e. The fourth-order valence-corrected chi connectivity index (χ4v) is 9.26. The van der Waals surface area contributed by atoms with Gasteiger partial charge in [0.15, 0.2) is 0 Å². The molecule has 1 aromatic carbocycles. The Balaban J connectivity index is 2.72. The van der Waals surface area contributed by atoms with Gasteiger partial charge in [0.25, 0.3) is 0 Å². The maximum atomic E-state index is 5.65. The summed E-state index contributed by atoms with van der Waals surface area (Å²) in [5.74, 6) is 0. The molecule has 0 aromatic heterocycles. The summed E-state index contributed by atoms with van der Waals surface area (Å²) < 4.78 is 22.6. The molecule has 0 atom stereocenters. The first-order chi connectivity index (χ1) is 18.7. The molecule has 0 spiro atoms. The van der Waals surface area contributed by atoms with Crippen molar-refractivity contribution in [3.05, 3.63) is 35.9 Å². The summed E-state index contributed by atoms with van der Waals surface area (Å²) in [7, 11) is 0.0323. The summed E-state index contributed by atoms with van der Waals surface area (Å²) in [5.41, 5.74) is 1.43. The van der Waals surface area contributed by atoms with Crippen molar-refractivity contribution < 1.29 is 18.9 Å². The summed E-state index contributed by atoms with van der Waals surface area (Å²) in [4.78, 5) is 2.75. The lowest BCUT2D eigenvalue weighted by molar-refractivity contribution is 0.148. The molecular formula is C31H59NO4P2. The SMILES string of the molecule is CCOCCCP(CCCOCC)CCN(CCP(CCCOCC)CCCOCC)Cc1ccccc1. The minimum Gasteiger partial charge on any atom is -0.382 e. The van der Waals surface area contributed by atoms with Crippen LogP contribution in [0.15, 0.2) is 30.3 Å². The maximum absolute atomic E-state index is 5.65. The first kappa shape index (κ1) is 35.9. The summed E-state index contributed by atoms with van der Waals surface area (Å²) in [6.45, 7) is 18.7. The fraction of sp³-hybridized carbons (Fsp3) is 0.806. The molecular weight excluding hydrogens is 512 g/mol. The molecule has 0 fully saturated rings. The van der Waals surface area contributed by atoms with E-state index < -0.39 is 0 Å². The quantitative estimate of drug-likeness (QED) is 0.0789. The molecule has 0 N–H and O–H groups in total. The molecule has 0 bridgehead atoms. The third kappa shape index (κ3) is 20.7. The second kappa shape index (κ2) is 27.1. The van der Waals surface area contributed by atoms with Gasteiger partial charge in [-0.25, -0.2) is 0 Å². The first-order valence-corrected chi connectivity index (χ1v) is 19.0. The van der Waals surface area contributed by atoms with Gasteiger partial charge < -0.3 is 18.9 Å². The average molecular weight is 572 g/mol. The molecule has 0 unspecified atom stereocenters. The molecule has 0 aliphatic heterocycles. The van der Waals surface area contributed by atoms with Crippen LogP contribution >= 0.6 is 15.8 Å². The number of hydrogen-bond acceptors (Lipinski definition) is 5. The van der Waals surface area contributed by atoms with E-state index in [0.717, 1.165) is 59.4 Å². The molecule has 0 heterocycles. The Bertz CT molecular complexity index is 555. The van der Waals surface area contributed by atoms with Crippen LogP contribution in [0.2, 0.25) is 0 Å². The molecule has 0 saturated heterocycles. The summed E-state index contributed by atoms with van der Waals surface area (Å²) >= 11 is 0. The predicted octanol–water partition coefficient (Wildman–Crippen LogP) is 7.16. The summed E-state index contributed by atoms with van der Waals surface area (Å²) in [5, 5.41) is 0. The highest BCUT2D eigenvalue weighted by Crippen LogP contribution is 2.39. The molecule has 0 aliphatic rings. The predicted molar refractivity (Wildman–Crippen MR) is 169 cm³/mol. The molecule has 5 nitrogen and oxygen atoms in total. The highest BCUT2D eigenvalue weighted by molar-refractivity contribution is 7.57. The van der Waals surface area contributed by atoms with Crippen LogP contribution in [0.1, 0.15) is 58.9 Å². The van der Waals surface area contributed by atoms with E-state index in [1.807, 2.05) is 0 Å². The molecule has 0 aliphatic carbocycles. The van der Waals surface area contributed by atoms with Crippen LogP contribution in [-0.4, -0.2) is 108 Å². The van der Waals surface area contributed by atoms with Crippen molar-refractivity contribution in [2.75, 3.05) is 103 Å². The van der Waals surface area contributed by atoms with Gasteiger partial charge in [0.05, 0.1) is 0 Å². The van der Waals surface area contributed by atoms with Crippen molar-refractivity contribution in [1.29, 1.82) is 0 Å². The van der Waals surface area contributed by atoms with Crippen molar-refractivity contribution in [2.24, 2.45) is 0 Å². The van der Waals surface area contributed by atoms with Crippen LogP contribution in [0.4, 0.5) is 0 Å². The highest BCUT2D eigenvalue weighted by Gasteiger charge is 2.15. The molecule has 222 valence electrons. The zero-order valence-corrected chi connectivity index (χ0v) is 27.0. The Kier molecular flexibility index (Phi) is 25.6. The van der Waals surface area contributed by atoms with E-state index in [2.05, 4.69) is 62.9 Å². The monoisotopic (exact) mass is 571 g/mol. The zero-order valence-electron chi connectivity index (χ0n) is 25.2. The van der Waals surface area contributed by atoms with Gasteiger partial charge in [-0.1, -0.05) is 30.3 Å². The van der Waals surface area contributed by atoms with Gasteiger partial charge >= 0.3 is 0 Å². The molecule has 1 aromatic rings. The van der Waals surface area contributed by atoms with E-state index >= 15 is 0 Å². The third-order valence-electron chi connectivity index (χ3n) is 6.58. The second-order valence-corrected chi connectivity index (χ2v) is 15.0. The van der Waals surface area contributed by atoms with Crippen molar-refractivity contribution in [1.82, 2.24) is 4.90 Å². The lowest BCUT2D eigenvalue weighted by Crippen LogP contribution is -2.29. The maximum Gasteiger partial charge on any atom is 0.0469 e. The number of nitrogens with zero attached hydrogens (tertiary/aromatic N) is 1. The average Bonchev–Trinajstić information content (AvgIpc) is 2.94. The van der Waals surface area contributed by atoms with Gasteiger partial charge in [-0.2, -0.15) is 0 Å². The second-order valence-electron chi connectivity index (χ2n) is 9.65. The van der Waals surface area contributed by atoms with Crippen molar-refractivity contribution in [3.8, 4) is 0 Å². The Morgan fingerprint density at radius 2 is 0.895 bits per heavy atom. The largest absolute Gasteiger partial charge is 0.382 e. The Labute approximate surface area is 238 Å². The normalized spacial score (nSPS) is 11.9. The topological polar surface area (TPSA) is 40.2 Å². The number of benzene rings is 1. The molecule has 7 heteroatoms. The zero-order chi connectivity index (χ0) is 27.5. The summed E-state index contributed by atoms with van der Waals surface area (Å²) in [6.07, 6.45) is 12.7. The number of hydrogen-bond donors (Lipinski definition) is 0. The van der Waals surface area contributed by atoms with Gasteiger partial charge in [-0.05, 0) is 95.9 Å². The van der Waals surface area contributed by atoms with E-state index in [1.54, 1.807) is 0 Å². The van der Waals surface area contributed by atoms with E-state index in [4.69, 9.17) is 18.9 Å². The minimum absolute atomic E-state index is 0.0162. The summed E-state index contributed by atoms with van der Waals surface area (Å²) in [6, 6.07) is 11.0. The molecule has 38 heavy (non-hydrogen) atoms. The third-order valence-corrected chi connectivity index (χ3v) is 12.0. The van der Waals surface area contributed by atoms with Crippen molar-refractivity contribution in [3.63, 3.8) is 0 Å². The van der Waals surface area contributed by atoms with E-state index in [9.17, 15) is 0 Å². The van der Waals surface area contributed by atoms with Crippen molar-refractivity contribution in [2.45, 2.75) is 59.9 Å².